The monoisotopic (exact) mass is 648 g/mol. The number of hydrogen-bond donors (Lipinski definition) is 5. The lowest BCUT2D eigenvalue weighted by atomic mass is 10.1. The summed E-state index contributed by atoms with van der Waals surface area (Å²) in [5.41, 5.74) is 20.3. The van der Waals surface area contributed by atoms with E-state index in [2.05, 4.69) is 26.1 Å². The van der Waals surface area contributed by atoms with Crippen LogP contribution in [0.25, 0.3) is 22.1 Å². The number of aromatic hydroxyl groups is 1. The highest BCUT2D eigenvalue weighted by molar-refractivity contribution is 5.99. The van der Waals surface area contributed by atoms with Crippen LogP contribution in [0, 0.1) is 6.92 Å². The Morgan fingerprint density at radius 3 is 2.15 bits per heavy atom. The zero-order valence-corrected chi connectivity index (χ0v) is 27.8. The first-order valence-corrected chi connectivity index (χ1v) is 14.9. The predicted octanol–water partition coefficient (Wildman–Crippen LogP) is 3.52. The first-order chi connectivity index (χ1) is 22.6. The van der Waals surface area contributed by atoms with Crippen molar-refractivity contribution >= 4 is 52.4 Å². The number of amides is 1. The number of phenolic OH excluding ortho intramolecular Hbond substituents is 1. The van der Waals surface area contributed by atoms with Crippen LogP contribution in [-0.2, 0) is 19.6 Å². The van der Waals surface area contributed by atoms with Crippen LogP contribution < -0.4 is 27.3 Å². The number of nitrogens with two attached hydrogens (primary N) is 3. The summed E-state index contributed by atoms with van der Waals surface area (Å²) < 4.78 is 10.7. The third-order valence-corrected chi connectivity index (χ3v) is 6.64. The van der Waals surface area contributed by atoms with Crippen molar-refractivity contribution in [1.29, 1.82) is 0 Å². The third kappa shape index (κ3) is 8.52. The number of nitrogens with one attached hydrogen (secondary N) is 1. The summed E-state index contributed by atoms with van der Waals surface area (Å²) in [4.78, 5) is 41.8. The van der Waals surface area contributed by atoms with Crippen LogP contribution in [0.2, 0.25) is 0 Å². The SMILES string of the molecule is CC.CCn1nc(C)cc1C=O.CN.CNc1nc2cc(C=O)cc(O)c2n1C/C=C/Cn1c(N)nc2cc(C(N)=O)cc(OC)c21. The van der Waals surface area contributed by atoms with E-state index in [1.165, 1.54) is 20.2 Å². The molecule has 0 radical (unpaired) electrons. The van der Waals surface area contributed by atoms with Crippen molar-refractivity contribution in [3.8, 4) is 11.5 Å². The minimum Gasteiger partial charge on any atom is -0.506 e. The van der Waals surface area contributed by atoms with Crippen molar-refractivity contribution in [1.82, 2.24) is 28.9 Å². The van der Waals surface area contributed by atoms with E-state index in [0.717, 1.165) is 18.5 Å². The highest BCUT2D eigenvalue weighted by Gasteiger charge is 2.17. The number of aryl methyl sites for hydroxylation is 2. The molecular formula is C32H44N10O5. The van der Waals surface area contributed by atoms with Crippen LogP contribution in [0.1, 0.15) is 57.7 Å². The molecule has 0 fully saturated rings. The number of nitrogens with zero attached hydrogens (tertiary/aromatic N) is 6. The maximum atomic E-state index is 11.6. The molecule has 2 aromatic carbocycles. The number of methoxy groups -OCH3 is 1. The maximum Gasteiger partial charge on any atom is 0.248 e. The Morgan fingerprint density at radius 2 is 1.62 bits per heavy atom. The van der Waals surface area contributed by atoms with E-state index in [0.29, 0.717) is 64.4 Å². The lowest BCUT2D eigenvalue weighted by Gasteiger charge is -2.09. The molecule has 47 heavy (non-hydrogen) atoms. The zero-order chi connectivity index (χ0) is 35.3. The van der Waals surface area contributed by atoms with Crippen molar-refractivity contribution in [3.63, 3.8) is 0 Å². The molecule has 0 saturated heterocycles. The minimum absolute atomic E-state index is 0.0307. The molecule has 5 aromatic rings. The molecule has 5 rings (SSSR count). The molecule has 0 aliphatic rings. The summed E-state index contributed by atoms with van der Waals surface area (Å²) >= 11 is 0. The van der Waals surface area contributed by atoms with Gasteiger partial charge in [0.2, 0.25) is 17.8 Å². The quantitative estimate of drug-likeness (QED) is 0.109. The van der Waals surface area contributed by atoms with Gasteiger partial charge in [0, 0.05) is 37.8 Å². The summed E-state index contributed by atoms with van der Waals surface area (Å²) in [5.74, 6) is 0.628. The predicted molar refractivity (Wildman–Crippen MR) is 184 cm³/mol. The van der Waals surface area contributed by atoms with Gasteiger partial charge in [-0.1, -0.05) is 26.0 Å². The number of aromatic nitrogens is 6. The number of imidazole rings is 2. The second kappa shape index (κ2) is 17.7. The maximum absolute atomic E-state index is 11.6. The number of primary amides is 1. The molecule has 0 aliphatic heterocycles. The summed E-state index contributed by atoms with van der Waals surface area (Å²) in [6, 6.07) is 7.93. The molecule has 0 spiro atoms. The number of allylic oxidation sites excluding steroid dienone is 2. The van der Waals surface area contributed by atoms with E-state index in [-0.39, 0.29) is 17.3 Å². The van der Waals surface area contributed by atoms with Gasteiger partial charge in [-0.25, -0.2) is 9.97 Å². The van der Waals surface area contributed by atoms with Gasteiger partial charge >= 0.3 is 0 Å². The molecule has 252 valence electrons. The van der Waals surface area contributed by atoms with Crippen LogP contribution in [0.3, 0.4) is 0 Å². The van der Waals surface area contributed by atoms with Gasteiger partial charge in [0.1, 0.15) is 34.5 Å². The topological polar surface area (TPSA) is 224 Å². The van der Waals surface area contributed by atoms with Crippen molar-refractivity contribution in [2.24, 2.45) is 11.5 Å². The Bertz CT molecular complexity index is 1850. The van der Waals surface area contributed by atoms with Gasteiger partial charge in [-0.3, -0.25) is 19.1 Å². The molecule has 8 N–H and O–H groups in total. The molecule has 3 heterocycles. The van der Waals surface area contributed by atoms with Crippen LogP contribution in [0.15, 0.2) is 42.5 Å². The van der Waals surface area contributed by atoms with Gasteiger partial charge in [-0.15, -0.1) is 0 Å². The van der Waals surface area contributed by atoms with Gasteiger partial charge in [-0.2, -0.15) is 5.10 Å². The fraction of sp³-hybridized carbons (Fsp3) is 0.312. The first kappa shape index (κ1) is 37.5. The van der Waals surface area contributed by atoms with Crippen LogP contribution in [0.5, 0.6) is 11.5 Å². The molecule has 0 aliphatic carbocycles. The second-order valence-corrected chi connectivity index (χ2v) is 9.43. The number of carbonyl (C=O) groups is 3. The van der Waals surface area contributed by atoms with Crippen LogP contribution >= 0.6 is 0 Å². The Labute approximate surface area is 273 Å². The molecule has 1 amide bonds. The van der Waals surface area contributed by atoms with Gasteiger partial charge in [0.05, 0.1) is 23.8 Å². The summed E-state index contributed by atoms with van der Waals surface area (Å²) in [6.07, 6.45) is 5.27. The van der Waals surface area contributed by atoms with E-state index in [1.54, 1.807) is 45.1 Å². The highest BCUT2D eigenvalue weighted by atomic mass is 16.5. The fourth-order valence-corrected chi connectivity index (χ4v) is 4.71. The molecule has 0 unspecified atom stereocenters. The Kier molecular flexibility index (Phi) is 14.1. The Balaban J connectivity index is 0.000000462. The number of benzene rings is 2. The van der Waals surface area contributed by atoms with E-state index in [1.807, 2.05) is 39.8 Å². The normalized spacial score (nSPS) is 10.4. The van der Waals surface area contributed by atoms with E-state index >= 15 is 0 Å². The van der Waals surface area contributed by atoms with E-state index in [4.69, 9.17) is 16.2 Å². The van der Waals surface area contributed by atoms with Gasteiger partial charge in [-0.05, 0) is 51.2 Å². The number of anilines is 2. The number of hydrogen-bond acceptors (Lipinski definition) is 11. The van der Waals surface area contributed by atoms with E-state index in [9.17, 15) is 19.5 Å². The number of ether oxygens (including phenoxy) is 1. The molecule has 15 heteroatoms. The van der Waals surface area contributed by atoms with Crippen molar-refractivity contribution in [2.45, 2.75) is 47.3 Å². The first-order valence-electron chi connectivity index (χ1n) is 14.9. The van der Waals surface area contributed by atoms with Gasteiger partial charge in [0.15, 0.2) is 6.29 Å². The second-order valence-electron chi connectivity index (χ2n) is 9.43. The van der Waals surface area contributed by atoms with Crippen molar-refractivity contribution in [3.05, 3.63) is 65.0 Å². The van der Waals surface area contributed by atoms with Crippen LogP contribution in [0.4, 0.5) is 11.9 Å². The molecule has 0 atom stereocenters. The molecule has 15 nitrogen and oxygen atoms in total. The largest absolute Gasteiger partial charge is 0.506 e. The molecule has 0 saturated carbocycles. The Morgan fingerprint density at radius 1 is 0.979 bits per heavy atom. The van der Waals surface area contributed by atoms with Crippen molar-refractivity contribution in [2.75, 3.05) is 32.3 Å². The smallest absolute Gasteiger partial charge is 0.248 e. The fourth-order valence-electron chi connectivity index (χ4n) is 4.71. The number of phenols is 1. The summed E-state index contributed by atoms with van der Waals surface area (Å²) in [5, 5.41) is 17.5. The summed E-state index contributed by atoms with van der Waals surface area (Å²) in [7, 11) is 4.72. The number of fused-ring (bicyclic) bond motifs is 2. The zero-order valence-electron chi connectivity index (χ0n) is 27.8. The lowest BCUT2D eigenvalue weighted by Crippen LogP contribution is -2.11. The number of nitrogen functional groups attached to an aromatic ring is 1. The molecular weight excluding hydrogens is 604 g/mol. The minimum atomic E-state index is -0.584. The summed E-state index contributed by atoms with van der Waals surface area (Å²) in [6.45, 7) is 9.37. The van der Waals surface area contributed by atoms with Gasteiger partial charge < -0.3 is 41.5 Å². The number of rotatable bonds is 10. The van der Waals surface area contributed by atoms with E-state index < -0.39 is 5.91 Å². The average molecular weight is 649 g/mol. The number of carbonyl (C=O) groups excluding carboxylic acids is 3. The number of aldehydes is 2. The highest BCUT2D eigenvalue weighted by Crippen LogP contribution is 2.31. The lowest BCUT2D eigenvalue weighted by molar-refractivity contribution is 0.0999. The van der Waals surface area contributed by atoms with Crippen molar-refractivity contribution < 1.29 is 24.2 Å². The Hall–Kier alpha value is -5.70. The van der Waals surface area contributed by atoms with Crippen LogP contribution in [-0.4, -0.2) is 73.7 Å². The average Bonchev–Trinajstić information content (AvgIpc) is 3.75. The third-order valence-electron chi connectivity index (χ3n) is 6.64. The molecule has 0 bridgehead atoms. The standard InChI is InChI=1S/C22H23N7O4.C7H10N2O.C2H6.CH5N/c1-25-22-27-14-7-12(11-30)8-16(31)18(14)29(22)6-4-3-5-28-19-15(26-21(28)24)9-13(20(23)32)10-17(19)33-2;1-3-9-7(5-10)4-6(2)8-9;2*1-2/h3-4,7-11,31H,5-6H2,1-2H3,(H2,23,32)(H2,24,26)(H,25,27);4-5H,3H2,1-2H3;1-2H3;2H2,1H3/b4-3+;;;. The van der Waals surface area contributed by atoms with Gasteiger partial charge in [0.25, 0.3) is 0 Å². The molecule has 3 aromatic heterocycles.